The monoisotopic (exact) mass is 335 g/mol. The Hall–Kier alpha value is -2.54. The Labute approximate surface area is 137 Å². The quantitative estimate of drug-likeness (QED) is 0.680. The Morgan fingerprint density at radius 1 is 1.35 bits per heavy atom. The average molecular weight is 336 g/mol. The second-order valence-corrected chi connectivity index (χ2v) is 5.34. The summed E-state index contributed by atoms with van der Waals surface area (Å²) in [4.78, 5) is 14.1. The normalized spacial score (nSPS) is 13.3. The molecule has 1 aromatic carbocycles. The van der Waals surface area contributed by atoms with E-state index in [0.717, 1.165) is 12.0 Å². The number of rotatable bonds is 4. The molecule has 2 aromatic rings. The minimum absolute atomic E-state index is 0.147. The van der Waals surface area contributed by atoms with Gasteiger partial charge in [-0.2, -0.15) is 0 Å². The van der Waals surface area contributed by atoms with E-state index in [1.165, 1.54) is 12.3 Å². The predicted molar refractivity (Wildman–Crippen MR) is 85.3 cm³/mol. The van der Waals surface area contributed by atoms with Crippen molar-refractivity contribution < 1.29 is 14.4 Å². The number of nitrogens with one attached hydrogen (secondary N) is 1. The molecular formula is C15H14ClN3O4. The van der Waals surface area contributed by atoms with E-state index >= 15 is 0 Å². The lowest BCUT2D eigenvalue weighted by Crippen LogP contribution is -2.05. The number of aromatic nitrogens is 1. The van der Waals surface area contributed by atoms with Crippen LogP contribution < -0.4 is 14.8 Å². The van der Waals surface area contributed by atoms with E-state index in [4.69, 9.17) is 21.1 Å². The Balaban J connectivity index is 1.77. The number of benzene rings is 1. The third kappa shape index (κ3) is 3.45. The Bertz CT molecular complexity index is 739. The van der Waals surface area contributed by atoms with Crippen LogP contribution >= 0.6 is 11.6 Å². The van der Waals surface area contributed by atoms with Gasteiger partial charge in [0.05, 0.1) is 23.2 Å². The van der Waals surface area contributed by atoms with Crippen molar-refractivity contribution in [3.8, 4) is 11.5 Å². The molecule has 0 saturated heterocycles. The first-order valence-corrected chi connectivity index (χ1v) is 7.44. The molecule has 120 valence electrons. The number of ether oxygens (including phenoxy) is 2. The van der Waals surface area contributed by atoms with Crippen LogP contribution in [0.25, 0.3) is 0 Å². The van der Waals surface area contributed by atoms with Crippen molar-refractivity contribution in [2.24, 2.45) is 0 Å². The maximum absolute atomic E-state index is 10.7. The molecule has 1 aromatic heterocycles. The molecule has 0 atom stereocenters. The minimum Gasteiger partial charge on any atom is -0.490 e. The van der Waals surface area contributed by atoms with Crippen LogP contribution in [0.4, 0.5) is 11.5 Å². The first kappa shape index (κ1) is 15.4. The van der Waals surface area contributed by atoms with Crippen LogP contribution in [-0.2, 0) is 6.54 Å². The van der Waals surface area contributed by atoms with Gasteiger partial charge in [-0.15, -0.1) is 0 Å². The number of halogens is 1. The predicted octanol–water partition coefficient (Wildman–Crippen LogP) is 3.42. The molecule has 3 rings (SSSR count). The molecular weight excluding hydrogens is 322 g/mol. The lowest BCUT2D eigenvalue weighted by atomic mass is 10.2. The molecule has 1 N–H and O–H groups in total. The molecule has 7 nitrogen and oxygen atoms in total. The minimum atomic E-state index is -0.537. The van der Waals surface area contributed by atoms with Crippen LogP contribution in [0.3, 0.4) is 0 Å². The van der Waals surface area contributed by atoms with Crippen LogP contribution in [0, 0.1) is 10.1 Å². The zero-order valence-corrected chi connectivity index (χ0v) is 12.9. The molecule has 8 heteroatoms. The second kappa shape index (κ2) is 6.70. The molecule has 23 heavy (non-hydrogen) atoms. The zero-order valence-electron chi connectivity index (χ0n) is 12.1. The maximum Gasteiger partial charge on any atom is 0.289 e. The highest BCUT2D eigenvalue weighted by atomic mass is 35.5. The molecule has 1 aliphatic heterocycles. The molecule has 1 aliphatic rings. The SMILES string of the molecule is O=[N+]([O-])c1cnc(NCc2cccc3c2OCCCO3)c(Cl)c1. The number of nitro groups is 1. The van der Waals surface area contributed by atoms with Gasteiger partial charge in [0, 0.05) is 24.6 Å². The first-order chi connectivity index (χ1) is 11.1. The standard InChI is InChI=1S/C15H14ClN3O4/c16-12-7-11(19(20)21)9-18-15(12)17-8-10-3-1-4-13-14(10)23-6-2-5-22-13/h1,3-4,7,9H,2,5-6,8H2,(H,17,18). The lowest BCUT2D eigenvalue weighted by Gasteiger charge is -2.13. The summed E-state index contributed by atoms with van der Waals surface area (Å²) in [5.74, 6) is 1.80. The van der Waals surface area contributed by atoms with Crippen molar-refractivity contribution in [2.45, 2.75) is 13.0 Å². The highest BCUT2D eigenvalue weighted by molar-refractivity contribution is 6.33. The fourth-order valence-electron chi connectivity index (χ4n) is 2.23. The highest BCUT2D eigenvalue weighted by Gasteiger charge is 2.15. The van der Waals surface area contributed by atoms with E-state index in [-0.39, 0.29) is 10.7 Å². The van der Waals surface area contributed by atoms with Gasteiger partial charge in [-0.1, -0.05) is 23.7 Å². The summed E-state index contributed by atoms with van der Waals surface area (Å²) in [7, 11) is 0. The summed E-state index contributed by atoms with van der Waals surface area (Å²) < 4.78 is 11.4. The summed E-state index contributed by atoms with van der Waals surface area (Å²) in [5.41, 5.74) is 0.756. The summed E-state index contributed by atoms with van der Waals surface area (Å²) in [6, 6.07) is 6.93. The van der Waals surface area contributed by atoms with E-state index in [1.54, 1.807) is 0 Å². The van der Waals surface area contributed by atoms with Gasteiger partial charge in [-0.05, 0) is 6.07 Å². The lowest BCUT2D eigenvalue weighted by molar-refractivity contribution is -0.385. The summed E-state index contributed by atoms with van der Waals surface area (Å²) >= 11 is 6.02. The number of nitrogens with zero attached hydrogens (tertiary/aromatic N) is 2. The van der Waals surface area contributed by atoms with Gasteiger partial charge in [0.1, 0.15) is 12.0 Å². The molecule has 0 spiro atoms. The molecule has 0 aliphatic carbocycles. The topological polar surface area (TPSA) is 86.5 Å². The summed E-state index contributed by atoms with van der Waals surface area (Å²) in [5, 5.41) is 14.0. The number of hydrogen-bond donors (Lipinski definition) is 1. The van der Waals surface area contributed by atoms with Crippen molar-refractivity contribution in [3.63, 3.8) is 0 Å². The van der Waals surface area contributed by atoms with Gasteiger partial charge in [0.15, 0.2) is 11.5 Å². The van der Waals surface area contributed by atoms with Crippen molar-refractivity contribution >= 4 is 23.1 Å². The number of anilines is 1. The van der Waals surface area contributed by atoms with Gasteiger partial charge in [-0.3, -0.25) is 10.1 Å². The maximum atomic E-state index is 10.7. The number of fused-ring (bicyclic) bond motifs is 1. The molecule has 0 bridgehead atoms. The second-order valence-electron chi connectivity index (χ2n) is 4.93. The van der Waals surface area contributed by atoms with Crippen LogP contribution in [0.1, 0.15) is 12.0 Å². The summed E-state index contributed by atoms with van der Waals surface area (Å²) in [6.45, 7) is 1.64. The molecule has 0 amide bonds. The van der Waals surface area contributed by atoms with Gasteiger partial charge in [-0.25, -0.2) is 4.98 Å². The summed E-state index contributed by atoms with van der Waals surface area (Å²) in [6.07, 6.45) is 2.00. The highest BCUT2D eigenvalue weighted by Crippen LogP contribution is 2.34. The zero-order chi connectivity index (χ0) is 16.2. The Morgan fingerprint density at radius 3 is 2.96 bits per heavy atom. The fraction of sp³-hybridized carbons (Fsp3) is 0.267. The Morgan fingerprint density at radius 2 is 2.17 bits per heavy atom. The van der Waals surface area contributed by atoms with Crippen LogP contribution in [0.5, 0.6) is 11.5 Å². The third-order valence-corrected chi connectivity index (χ3v) is 3.63. The van der Waals surface area contributed by atoms with Gasteiger partial charge < -0.3 is 14.8 Å². The van der Waals surface area contributed by atoms with E-state index in [2.05, 4.69) is 10.3 Å². The van der Waals surface area contributed by atoms with Crippen LogP contribution in [0.15, 0.2) is 30.5 Å². The van der Waals surface area contributed by atoms with E-state index in [9.17, 15) is 10.1 Å². The molecule has 0 radical (unpaired) electrons. The number of hydrogen-bond acceptors (Lipinski definition) is 6. The number of pyridine rings is 1. The van der Waals surface area contributed by atoms with Crippen molar-refractivity contribution in [1.82, 2.24) is 4.98 Å². The van der Waals surface area contributed by atoms with E-state index in [0.29, 0.717) is 37.1 Å². The smallest absolute Gasteiger partial charge is 0.289 e. The Kier molecular flexibility index (Phi) is 4.47. The van der Waals surface area contributed by atoms with E-state index < -0.39 is 4.92 Å². The third-order valence-electron chi connectivity index (χ3n) is 3.34. The molecule has 0 saturated carbocycles. The van der Waals surface area contributed by atoms with Crippen molar-refractivity contribution in [3.05, 3.63) is 51.2 Å². The van der Waals surface area contributed by atoms with Gasteiger partial charge in [0.25, 0.3) is 5.69 Å². The van der Waals surface area contributed by atoms with E-state index in [1.807, 2.05) is 18.2 Å². The van der Waals surface area contributed by atoms with Crippen LogP contribution in [-0.4, -0.2) is 23.1 Å². The van der Waals surface area contributed by atoms with Crippen molar-refractivity contribution in [1.29, 1.82) is 0 Å². The van der Waals surface area contributed by atoms with Crippen LogP contribution in [0.2, 0.25) is 5.02 Å². The average Bonchev–Trinajstić information content (AvgIpc) is 2.79. The van der Waals surface area contributed by atoms with Gasteiger partial charge in [0.2, 0.25) is 0 Å². The van der Waals surface area contributed by atoms with Gasteiger partial charge >= 0.3 is 0 Å². The molecule has 0 unspecified atom stereocenters. The first-order valence-electron chi connectivity index (χ1n) is 7.06. The molecule has 0 fully saturated rings. The largest absolute Gasteiger partial charge is 0.490 e. The fourth-order valence-corrected chi connectivity index (χ4v) is 2.46. The van der Waals surface area contributed by atoms with Crippen molar-refractivity contribution in [2.75, 3.05) is 18.5 Å². The number of para-hydroxylation sites is 1. The molecule has 2 heterocycles.